The Labute approximate surface area is 109 Å². The molecule has 0 aromatic carbocycles. The summed E-state index contributed by atoms with van der Waals surface area (Å²) in [5, 5.41) is 10.8. The molecule has 0 aliphatic heterocycles. The largest absolute Gasteiger partial charge is 0.392 e. The molecule has 0 aromatic rings. The number of rotatable bonds is 0. The first-order valence-corrected chi connectivity index (χ1v) is 7.19. The van der Waals surface area contributed by atoms with E-state index in [1.165, 1.54) is 0 Å². The van der Waals surface area contributed by atoms with Crippen LogP contribution in [-0.4, -0.2) is 17.0 Å². The Bertz CT molecular complexity index is 421. The monoisotopic (exact) mass is 246 g/mol. The smallest absolute Gasteiger partial charge is 0.158 e. The Morgan fingerprint density at radius 2 is 2.17 bits per heavy atom. The van der Waals surface area contributed by atoms with Crippen LogP contribution in [-0.2, 0) is 4.79 Å². The first kappa shape index (κ1) is 12.2. The van der Waals surface area contributed by atoms with Crippen LogP contribution in [0.15, 0.2) is 23.8 Å². The predicted octanol–water partition coefficient (Wildman–Crippen LogP) is 3.02. The molecule has 0 spiro atoms. The summed E-state index contributed by atoms with van der Waals surface area (Å²) < 4.78 is 0. The van der Waals surface area contributed by atoms with Gasteiger partial charge in [0.2, 0.25) is 0 Å². The topological polar surface area (TPSA) is 37.3 Å². The number of Topliss-reactive ketones (excluding diaryl/α,β-unsaturated/α-hetero) is 1. The van der Waals surface area contributed by atoms with Gasteiger partial charge < -0.3 is 5.11 Å². The fourth-order valence-electron chi connectivity index (χ4n) is 4.07. The van der Waals surface area contributed by atoms with E-state index in [1.54, 1.807) is 0 Å². The molecule has 0 radical (unpaired) electrons. The fourth-order valence-corrected chi connectivity index (χ4v) is 4.07. The molecular weight excluding hydrogens is 224 g/mol. The van der Waals surface area contributed by atoms with Crippen LogP contribution in [0, 0.1) is 17.3 Å². The molecule has 4 atom stereocenters. The summed E-state index contributed by atoms with van der Waals surface area (Å²) in [6, 6.07) is 0. The quantitative estimate of drug-likeness (QED) is 0.667. The molecule has 0 bridgehead atoms. The van der Waals surface area contributed by atoms with E-state index in [1.807, 2.05) is 0 Å². The van der Waals surface area contributed by atoms with E-state index >= 15 is 0 Å². The van der Waals surface area contributed by atoms with Crippen LogP contribution in [0.1, 0.15) is 45.4 Å². The number of carbonyl (C=O) groups excluding carboxylic acids is 1. The predicted molar refractivity (Wildman–Crippen MR) is 71.0 cm³/mol. The third kappa shape index (κ3) is 1.70. The molecule has 1 N–H and O–H groups in total. The third-order valence-electron chi connectivity index (χ3n) is 5.40. The second-order valence-corrected chi connectivity index (χ2v) is 6.38. The summed E-state index contributed by atoms with van der Waals surface area (Å²) in [7, 11) is 0. The van der Waals surface area contributed by atoms with Gasteiger partial charge in [-0.1, -0.05) is 25.2 Å². The van der Waals surface area contributed by atoms with Crippen molar-refractivity contribution in [3.05, 3.63) is 23.8 Å². The molecular formula is C16H22O2. The van der Waals surface area contributed by atoms with Gasteiger partial charge in [0.15, 0.2) is 5.78 Å². The van der Waals surface area contributed by atoms with Crippen molar-refractivity contribution in [3.8, 4) is 0 Å². The minimum atomic E-state index is -0.356. The van der Waals surface area contributed by atoms with E-state index in [2.05, 4.69) is 25.2 Å². The Kier molecular flexibility index (Phi) is 2.93. The van der Waals surface area contributed by atoms with Gasteiger partial charge in [-0.2, -0.15) is 0 Å². The molecule has 3 aliphatic carbocycles. The van der Waals surface area contributed by atoms with Crippen molar-refractivity contribution in [1.29, 1.82) is 0 Å². The van der Waals surface area contributed by atoms with Gasteiger partial charge in [-0.05, 0) is 43.6 Å². The second-order valence-electron chi connectivity index (χ2n) is 6.38. The summed E-state index contributed by atoms with van der Waals surface area (Å²) in [6.45, 7) is 2.21. The second kappa shape index (κ2) is 4.34. The van der Waals surface area contributed by atoms with Crippen molar-refractivity contribution in [2.45, 2.75) is 51.6 Å². The molecule has 18 heavy (non-hydrogen) atoms. The van der Waals surface area contributed by atoms with Crippen molar-refractivity contribution in [2.75, 3.05) is 0 Å². The molecule has 98 valence electrons. The highest BCUT2D eigenvalue weighted by atomic mass is 16.3. The Morgan fingerprint density at radius 1 is 1.33 bits per heavy atom. The molecule has 0 aromatic heterocycles. The van der Waals surface area contributed by atoms with Crippen LogP contribution in [0.25, 0.3) is 0 Å². The average molecular weight is 246 g/mol. The number of allylic oxidation sites excluding steroid dienone is 3. The first-order chi connectivity index (χ1) is 8.63. The fraction of sp³-hybridized carbons (Fsp3) is 0.688. The summed E-state index contributed by atoms with van der Waals surface area (Å²) in [5.41, 5.74) is 0.888. The molecule has 2 heteroatoms. The standard InChI is InChI=1S/C16H22O2/c1-16-10-3-2-5-11(16)8-9-12-13(15(16)18)6-4-7-14(12)17/h2-3,9,11,13,15,18H,4-8,10H2,1H3/t11-,13+,15-,16+/m0/s1. The number of fused-ring (bicyclic) bond motifs is 2. The molecule has 0 amide bonds. The van der Waals surface area contributed by atoms with Crippen LogP contribution in [0.5, 0.6) is 0 Å². The molecule has 0 unspecified atom stereocenters. The lowest BCUT2D eigenvalue weighted by Gasteiger charge is -2.44. The molecule has 1 fully saturated rings. The number of hydrogen-bond acceptors (Lipinski definition) is 2. The van der Waals surface area contributed by atoms with Crippen LogP contribution in [0.4, 0.5) is 0 Å². The van der Waals surface area contributed by atoms with Gasteiger partial charge in [0.1, 0.15) is 0 Å². The maximum absolute atomic E-state index is 12.0. The van der Waals surface area contributed by atoms with Crippen molar-refractivity contribution < 1.29 is 9.90 Å². The maximum atomic E-state index is 12.0. The number of carbonyl (C=O) groups is 1. The zero-order chi connectivity index (χ0) is 12.8. The highest BCUT2D eigenvalue weighted by Crippen LogP contribution is 2.50. The Balaban J connectivity index is 1.99. The number of aliphatic hydroxyl groups is 1. The van der Waals surface area contributed by atoms with Gasteiger partial charge in [0.05, 0.1) is 6.10 Å². The highest BCUT2D eigenvalue weighted by molar-refractivity contribution is 5.96. The van der Waals surface area contributed by atoms with Crippen molar-refractivity contribution >= 4 is 5.78 Å². The summed E-state index contributed by atoms with van der Waals surface area (Å²) >= 11 is 0. The van der Waals surface area contributed by atoms with Crippen LogP contribution in [0.2, 0.25) is 0 Å². The summed E-state index contributed by atoms with van der Waals surface area (Å²) in [4.78, 5) is 12.0. The van der Waals surface area contributed by atoms with Crippen LogP contribution >= 0.6 is 0 Å². The number of aliphatic hydroxyl groups excluding tert-OH is 1. The van der Waals surface area contributed by atoms with E-state index in [-0.39, 0.29) is 23.2 Å². The first-order valence-electron chi connectivity index (χ1n) is 7.19. The normalized spacial score (nSPS) is 43.8. The SMILES string of the molecule is C[C@@]12CC=CC[C@H]1CC=C1C(=O)CCC[C@H]1[C@@H]2O. The molecule has 2 nitrogen and oxygen atoms in total. The molecule has 3 aliphatic rings. The van der Waals surface area contributed by atoms with E-state index < -0.39 is 0 Å². The average Bonchev–Trinajstić information content (AvgIpc) is 2.48. The lowest BCUT2D eigenvalue weighted by molar-refractivity contribution is -0.119. The van der Waals surface area contributed by atoms with Gasteiger partial charge in [-0.15, -0.1) is 0 Å². The lowest BCUT2D eigenvalue weighted by atomic mass is 9.62. The van der Waals surface area contributed by atoms with Crippen LogP contribution < -0.4 is 0 Å². The highest BCUT2D eigenvalue weighted by Gasteiger charge is 2.47. The molecule has 3 rings (SSSR count). The Morgan fingerprint density at radius 3 is 3.00 bits per heavy atom. The third-order valence-corrected chi connectivity index (χ3v) is 5.40. The van der Waals surface area contributed by atoms with Gasteiger partial charge in [-0.3, -0.25) is 4.79 Å². The summed E-state index contributed by atoms with van der Waals surface area (Å²) in [5.74, 6) is 0.858. The van der Waals surface area contributed by atoms with Gasteiger partial charge >= 0.3 is 0 Å². The van der Waals surface area contributed by atoms with E-state index in [0.717, 1.165) is 37.7 Å². The van der Waals surface area contributed by atoms with Crippen molar-refractivity contribution in [1.82, 2.24) is 0 Å². The minimum Gasteiger partial charge on any atom is -0.392 e. The lowest BCUT2D eigenvalue weighted by Crippen LogP contribution is -2.44. The zero-order valence-corrected chi connectivity index (χ0v) is 11.1. The van der Waals surface area contributed by atoms with Gasteiger partial charge in [0, 0.05) is 17.8 Å². The van der Waals surface area contributed by atoms with E-state index in [0.29, 0.717) is 12.3 Å². The van der Waals surface area contributed by atoms with Gasteiger partial charge in [-0.25, -0.2) is 0 Å². The van der Waals surface area contributed by atoms with Crippen LogP contribution in [0.3, 0.4) is 0 Å². The number of hydrogen-bond donors (Lipinski definition) is 1. The minimum absolute atomic E-state index is 0.0463. The summed E-state index contributed by atoms with van der Waals surface area (Å²) in [6.07, 6.45) is 11.8. The zero-order valence-electron chi connectivity index (χ0n) is 11.1. The molecule has 0 heterocycles. The van der Waals surface area contributed by atoms with Crippen molar-refractivity contribution in [2.24, 2.45) is 17.3 Å². The van der Waals surface area contributed by atoms with E-state index in [4.69, 9.17) is 0 Å². The molecule has 0 saturated heterocycles. The molecule has 1 saturated carbocycles. The number of ketones is 1. The Hall–Kier alpha value is -0.890. The van der Waals surface area contributed by atoms with E-state index in [9.17, 15) is 9.90 Å². The van der Waals surface area contributed by atoms with Crippen molar-refractivity contribution in [3.63, 3.8) is 0 Å². The maximum Gasteiger partial charge on any atom is 0.158 e. The van der Waals surface area contributed by atoms with Gasteiger partial charge in [0.25, 0.3) is 0 Å².